The van der Waals surface area contributed by atoms with Gasteiger partial charge in [0.05, 0.1) is 11.9 Å². The number of rotatable bonds is 1. The van der Waals surface area contributed by atoms with Crippen LogP contribution in [0.4, 0.5) is 0 Å². The highest BCUT2D eigenvalue weighted by atomic mass is 16.3. The highest BCUT2D eigenvalue weighted by Crippen LogP contribution is 2.45. The number of hydrogen-bond acceptors (Lipinski definition) is 3. The molecule has 1 unspecified atom stereocenters. The summed E-state index contributed by atoms with van der Waals surface area (Å²) < 4.78 is 1.68. The molecule has 1 aliphatic carbocycles. The van der Waals surface area contributed by atoms with Crippen LogP contribution >= 0.6 is 0 Å². The standard InChI is InChI=1S/C11H19N3O/c1-10(2)5-4-6-11(15,8-10)9-7-12-13-14(9)3/h7,15H,4-6,8H2,1-3H3. The molecule has 0 aliphatic heterocycles. The van der Waals surface area contributed by atoms with Crippen LogP contribution in [0.25, 0.3) is 0 Å². The van der Waals surface area contributed by atoms with E-state index < -0.39 is 5.60 Å². The zero-order valence-corrected chi connectivity index (χ0v) is 9.69. The second kappa shape index (κ2) is 3.30. The SMILES string of the molecule is Cn1nncc1C1(O)CCCC(C)(C)C1. The Morgan fingerprint density at radius 1 is 1.40 bits per heavy atom. The maximum atomic E-state index is 10.6. The minimum atomic E-state index is -0.736. The highest BCUT2D eigenvalue weighted by Gasteiger charge is 2.41. The summed E-state index contributed by atoms with van der Waals surface area (Å²) in [5, 5.41) is 18.4. The summed E-state index contributed by atoms with van der Waals surface area (Å²) in [5.41, 5.74) is 0.312. The first-order valence-electron chi connectivity index (χ1n) is 5.51. The maximum absolute atomic E-state index is 10.6. The lowest BCUT2D eigenvalue weighted by atomic mass is 9.69. The van der Waals surface area contributed by atoms with Gasteiger partial charge in [-0.3, -0.25) is 0 Å². The van der Waals surface area contributed by atoms with Crippen molar-refractivity contribution >= 4 is 0 Å². The fourth-order valence-electron chi connectivity index (χ4n) is 2.76. The molecule has 84 valence electrons. The van der Waals surface area contributed by atoms with Crippen molar-refractivity contribution in [3.8, 4) is 0 Å². The summed E-state index contributed by atoms with van der Waals surface area (Å²) in [6.07, 6.45) is 5.54. The second-order valence-electron chi connectivity index (χ2n) is 5.47. The molecule has 4 heteroatoms. The normalized spacial score (nSPS) is 30.4. The van der Waals surface area contributed by atoms with Crippen molar-refractivity contribution in [2.45, 2.75) is 45.1 Å². The van der Waals surface area contributed by atoms with Crippen LogP contribution in [0.3, 0.4) is 0 Å². The second-order valence-corrected chi connectivity index (χ2v) is 5.47. The minimum Gasteiger partial charge on any atom is -0.383 e. The van der Waals surface area contributed by atoms with Crippen molar-refractivity contribution in [1.29, 1.82) is 0 Å². The van der Waals surface area contributed by atoms with Gasteiger partial charge >= 0.3 is 0 Å². The highest BCUT2D eigenvalue weighted by molar-refractivity contribution is 5.10. The fraction of sp³-hybridized carbons (Fsp3) is 0.818. The number of aliphatic hydroxyl groups is 1. The van der Waals surface area contributed by atoms with Gasteiger partial charge in [-0.25, -0.2) is 4.68 Å². The summed E-state index contributed by atoms with van der Waals surface area (Å²) >= 11 is 0. The Hall–Kier alpha value is -0.900. The molecule has 2 rings (SSSR count). The summed E-state index contributed by atoms with van der Waals surface area (Å²) in [7, 11) is 1.84. The Balaban J connectivity index is 2.31. The van der Waals surface area contributed by atoms with E-state index in [1.807, 2.05) is 7.05 Å². The minimum absolute atomic E-state index is 0.206. The van der Waals surface area contributed by atoms with E-state index >= 15 is 0 Å². The Bertz CT molecular complexity index is 358. The van der Waals surface area contributed by atoms with Gasteiger partial charge in [0.2, 0.25) is 0 Å². The van der Waals surface area contributed by atoms with E-state index in [0.29, 0.717) is 0 Å². The van der Waals surface area contributed by atoms with Crippen LogP contribution in [0.2, 0.25) is 0 Å². The molecule has 0 aromatic carbocycles. The number of nitrogens with zero attached hydrogens (tertiary/aromatic N) is 3. The van der Waals surface area contributed by atoms with Crippen LogP contribution in [-0.2, 0) is 12.6 Å². The van der Waals surface area contributed by atoms with Crippen LogP contribution in [0, 0.1) is 5.41 Å². The van der Waals surface area contributed by atoms with Crippen LogP contribution in [-0.4, -0.2) is 20.1 Å². The summed E-state index contributed by atoms with van der Waals surface area (Å²) in [4.78, 5) is 0. The molecule has 1 saturated carbocycles. The molecule has 1 atom stereocenters. The zero-order valence-electron chi connectivity index (χ0n) is 9.69. The van der Waals surface area contributed by atoms with Crippen molar-refractivity contribution in [2.75, 3.05) is 0 Å². The first-order chi connectivity index (χ1) is 6.93. The van der Waals surface area contributed by atoms with Gasteiger partial charge in [0.15, 0.2) is 0 Å². The lowest BCUT2D eigenvalue weighted by Crippen LogP contribution is -2.38. The maximum Gasteiger partial charge on any atom is 0.108 e. The first kappa shape index (κ1) is 10.6. The molecular weight excluding hydrogens is 190 g/mol. The molecule has 0 amide bonds. The smallest absolute Gasteiger partial charge is 0.108 e. The van der Waals surface area contributed by atoms with Crippen molar-refractivity contribution in [3.05, 3.63) is 11.9 Å². The van der Waals surface area contributed by atoms with Gasteiger partial charge in [0.1, 0.15) is 5.60 Å². The summed E-state index contributed by atoms with van der Waals surface area (Å²) in [6, 6.07) is 0. The molecule has 1 aromatic rings. The van der Waals surface area contributed by atoms with E-state index in [0.717, 1.165) is 25.0 Å². The van der Waals surface area contributed by atoms with Gasteiger partial charge in [-0.15, -0.1) is 5.10 Å². The molecule has 1 aliphatic rings. The third kappa shape index (κ3) is 1.91. The molecule has 1 heterocycles. The molecular formula is C11H19N3O. The van der Waals surface area contributed by atoms with Crippen molar-refractivity contribution in [2.24, 2.45) is 12.5 Å². The monoisotopic (exact) mass is 209 g/mol. The Morgan fingerprint density at radius 3 is 2.67 bits per heavy atom. The number of aryl methyl sites for hydroxylation is 1. The van der Waals surface area contributed by atoms with Gasteiger partial charge in [0.25, 0.3) is 0 Å². The molecule has 1 fully saturated rings. The van der Waals surface area contributed by atoms with Gasteiger partial charge in [-0.05, 0) is 31.1 Å². The van der Waals surface area contributed by atoms with E-state index in [9.17, 15) is 5.11 Å². The lowest BCUT2D eigenvalue weighted by Gasteiger charge is -2.41. The average molecular weight is 209 g/mol. The van der Waals surface area contributed by atoms with E-state index in [2.05, 4.69) is 24.2 Å². The van der Waals surface area contributed by atoms with Gasteiger partial charge in [0, 0.05) is 7.05 Å². The number of hydrogen-bond donors (Lipinski definition) is 1. The molecule has 15 heavy (non-hydrogen) atoms. The summed E-state index contributed by atoms with van der Waals surface area (Å²) in [5.74, 6) is 0. The molecule has 0 spiro atoms. The van der Waals surface area contributed by atoms with Crippen molar-refractivity contribution < 1.29 is 5.11 Å². The average Bonchev–Trinajstić information content (AvgIpc) is 2.49. The number of aromatic nitrogens is 3. The Morgan fingerprint density at radius 2 is 2.13 bits per heavy atom. The molecule has 1 N–H and O–H groups in total. The van der Waals surface area contributed by atoms with Gasteiger partial charge in [-0.1, -0.05) is 19.1 Å². The van der Waals surface area contributed by atoms with Crippen LogP contribution < -0.4 is 0 Å². The van der Waals surface area contributed by atoms with Crippen LogP contribution in [0.15, 0.2) is 6.20 Å². The third-order valence-electron chi connectivity index (χ3n) is 3.41. The topological polar surface area (TPSA) is 50.9 Å². The van der Waals surface area contributed by atoms with Crippen molar-refractivity contribution in [1.82, 2.24) is 15.0 Å². The molecule has 4 nitrogen and oxygen atoms in total. The molecule has 0 radical (unpaired) electrons. The van der Waals surface area contributed by atoms with Gasteiger partial charge in [-0.2, -0.15) is 0 Å². The third-order valence-corrected chi connectivity index (χ3v) is 3.41. The zero-order chi connectivity index (χ0) is 11.1. The lowest BCUT2D eigenvalue weighted by molar-refractivity contribution is -0.0499. The van der Waals surface area contributed by atoms with Crippen LogP contribution in [0.5, 0.6) is 0 Å². The predicted molar refractivity (Wildman–Crippen MR) is 57.1 cm³/mol. The largest absolute Gasteiger partial charge is 0.383 e. The fourth-order valence-corrected chi connectivity index (χ4v) is 2.76. The van der Waals surface area contributed by atoms with Gasteiger partial charge < -0.3 is 5.11 Å². The molecule has 0 saturated heterocycles. The van der Waals surface area contributed by atoms with E-state index in [-0.39, 0.29) is 5.41 Å². The molecule has 0 bridgehead atoms. The predicted octanol–water partition coefficient (Wildman–Crippen LogP) is 1.60. The first-order valence-corrected chi connectivity index (χ1v) is 5.51. The quantitative estimate of drug-likeness (QED) is 0.764. The Kier molecular flexibility index (Phi) is 2.34. The summed E-state index contributed by atoms with van der Waals surface area (Å²) in [6.45, 7) is 4.42. The Labute approximate surface area is 90.3 Å². The van der Waals surface area contributed by atoms with E-state index in [4.69, 9.17) is 0 Å². The molecule has 1 aromatic heterocycles. The van der Waals surface area contributed by atoms with Crippen molar-refractivity contribution in [3.63, 3.8) is 0 Å². The van der Waals surface area contributed by atoms with E-state index in [1.54, 1.807) is 10.9 Å². The van der Waals surface area contributed by atoms with Crippen LogP contribution in [0.1, 0.15) is 45.2 Å². The van der Waals surface area contributed by atoms with E-state index in [1.165, 1.54) is 6.42 Å².